The van der Waals surface area contributed by atoms with Crippen molar-refractivity contribution in [2.24, 2.45) is 5.73 Å². The van der Waals surface area contributed by atoms with Crippen LogP contribution in [0.2, 0.25) is 0 Å². The van der Waals surface area contributed by atoms with Gasteiger partial charge < -0.3 is 20.5 Å². The first kappa shape index (κ1) is 16.1. The first-order chi connectivity index (χ1) is 9.58. The zero-order valence-corrected chi connectivity index (χ0v) is 11.7. The Kier molecular flexibility index (Phi) is 6.69. The predicted molar refractivity (Wildman–Crippen MR) is 75.5 cm³/mol. The number of rotatable bonds is 7. The SMILES string of the molecule is CCOC(=O)c1cccc(NC(=O)C(N)CCOC)c1. The normalized spacial score (nSPS) is 11.8. The molecule has 0 aliphatic rings. The minimum absolute atomic E-state index is 0.303. The van der Waals surface area contributed by atoms with Crippen molar-refractivity contribution in [3.63, 3.8) is 0 Å². The van der Waals surface area contributed by atoms with Gasteiger partial charge in [0.2, 0.25) is 5.91 Å². The summed E-state index contributed by atoms with van der Waals surface area (Å²) < 4.78 is 9.76. The molecular formula is C14H20N2O4. The molecule has 1 aromatic carbocycles. The largest absolute Gasteiger partial charge is 0.462 e. The van der Waals surface area contributed by atoms with Gasteiger partial charge in [0.1, 0.15) is 0 Å². The molecule has 6 heteroatoms. The average molecular weight is 280 g/mol. The van der Waals surface area contributed by atoms with Crippen molar-refractivity contribution in [3.8, 4) is 0 Å². The quantitative estimate of drug-likeness (QED) is 0.731. The van der Waals surface area contributed by atoms with Crippen molar-refractivity contribution < 1.29 is 19.1 Å². The van der Waals surface area contributed by atoms with Gasteiger partial charge >= 0.3 is 5.97 Å². The molecule has 1 atom stereocenters. The average Bonchev–Trinajstić information content (AvgIpc) is 2.45. The fraction of sp³-hybridized carbons (Fsp3) is 0.429. The minimum Gasteiger partial charge on any atom is -0.462 e. The molecule has 1 amide bonds. The van der Waals surface area contributed by atoms with E-state index in [-0.39, 0.29) is 5.91 Å². The summed E-state index contributed by atoms with van der Waals surface area (Å²) in [6.07, 6.45) is 0.430. The van der Waals surface area contributed by atoms with Crippen LogP contribution in [0.3, 0.4) is 0 Å². The molecule has 0 fully saturated rings. The molecule has 1 unspecified atom stereocenters. The van der Waals surface area contributed by atoms with E-state index in [0.717, 1.165) is 0 Å². The van der Waals surface area contributed by atoms with E-state index in [9.17, 15) is 9.59 Å². The molecule has 20 heavy (non-hydrogen) atoms. The lowest BCUT2D eigenvalue weighted by atomic mass is 10.1. The van der Waals surface area contributed by atoms with Crippen molar-refractivity contribution >= 4 is 17.6 Å². The molecular weight excluding hydrogens is 260 g/mol. The maximum absolute atomic E-state index is 11.8. The Balaban J connectivity index is 2.66. The maximum atomic E-state index is 11.8. The third-order valence-electron chi connectivity index (χ3n) is 2.61. The molecule has 3 N–H and O–H groups in total. The lowest BCUT2D eigenvalue weighted by molar-refractivity contribution is -0.117. The summed E-state index contributed by atoms with van der Waals surface area (Å²) in [5.41, 5.74) is 6.61. The van der Waals surface area contributed by atoms with Crippen LogP contribution in [0.15, 0.2) is 24.3 Å². The Morgan fingerprint density at radius 2 is 2.15 bits per heavy atom. The van der Waals surface area contributed by atoms with Crippen molar-refractivity contribution in [1.29, 1.82) is 0 Å². The van der Waals surface area contributed by atoms with E-state index < -0.39 is 12.0 Å². The second-order valence-electron chi connectivity index (χ2n) is 4.18. The summed E-state index contributed by atoms with van der Waals surface area (Å²) in [7, 11) is 1.55. The van der Waals surface area contributed by atoms with Crippen LogP contribution in [0.5, 0.6) is 0 Å². The van der Waals surface area contributed by atoms with Crippen LogP contribution in [-0.4, -0.2) is 38.2 Å². The number of carbonyl (C=O) groups is 2. The van der Waals surface area contributed by atoms with Crippen LogP contribution >= 0.6 is 0 Å². The third-order valence-corrected chi connectivity index (χ3v) is 2.61. The Bertz CT molecular complexity index is 462. The number of amides is 1. The number of hydrogen-bond donors (Lipinski definition) is 2. The molecule has 1 aromatic rings. The van der Waals surface area contributed by atoms with Crippen molar-refractivity contribution in [3.05, 3.63) is 29.8 Å². The van der Waals surface area contributed by atoms with Crippen molar-refractivity contribution in [2.75, 3.05) is 25.6 Å². The molecule has 0 radical (unpaired) electrons. The highest BCUT2D eigenvalue weighted by Gasteiger charge is 2.14. The van der Waals surface area contributed by atoms with E-state index in [0.29, 0.717) is 30.9 Å². The number of esters is 1. The molecule has 0 bridgehead atoms. The van der Waals surface area contributed by atoms with Crippen LogP contribution in [0.4, 0.5) is 5.69 Å². The van der Waals surface area contributed by atoms with Gasteiger partial charge in [0, 0.05) is 19.4 Å². The molecule has 6 nitrogen and oxygen atoms in total. The Hall–Kier alpha value is -1.92. The molecule has 110 valence electrons. The fourth-order valence-corrected chi connectivity index (χ4v) is 1.55. The number of ether oxygens (including phenoxy) is 2. The lowest BCUT2D eigenvalue weighted by Gasteiger charge is -2.12. The van der Waals surface area contributed by atoms with Crippen molar-refractivity contribution in [1.82, 2.24) is 0 Å². The molecule has 0 saturated carbocycles. The van der Waals surface area contributed by atoms with E-state index in [1.54, 1.807) is 38.3 Å². The van der Waals surface area contributed by atoms with Gasteiger partial charge in [-0.15, -0.1) is 0 Å². The molecule has 0 aromatic heterocycles. The van der Waals surface area contributed by atoms with E-state index >= 15 is 0 Å². The van der Waals surface area contributed by atoms with Gasteiger partial charge in [-0.25, -0.2) is 4.79 Å². The third kappa shape index (κ3) is 4.99. The zero-order chi connectivity index (χ0) is 15.0. The summed E-state index contributed by atoms with van der Waals surface area (Å²) in [6, 6.07) is 5.88. The van der Waals surface area contributed by atoms with Gasteiger partial charge in [0.15, 0.2) is 0 Å². The second kappa shape index (κ2) is 8.29. The summed E-state index contributed by atoms with van der Waals surface area (Å²) in [6.45, 7) is 2.45. The first-order valence-corrected chi connectivity index (χ1v) is 6.41. The Morgan fingerprint density at radius 3 is 2.80 bits per heavy atom. The highest BCUT2D eigenvalue weighted by molar-refractivity contribution is 5.96. The standard InChI is InChI=1S/C14H20N2O4/c1-3-20-14(18)10-5-4-6-11(9-10)16-13(17)12(15)7-8-19-2/h4-6,9,12H,3,7-8,15H2,1-2H3,(H,16,17). The van der Waals surface area contributed by atoms with Crippen LogP contribution in [-0.2, 0) is 14.3 Å². The Labute approximate surface area is 118 Å². The van der Waals surface area contributed by atoms with E-state index in [4.69, 9.17) is 15.2 Å². The van der Waals surface area contributed by atoms with Gasteiger partial charge in [-0.1, -0.05) is 6.07 Å². The van der Waals surface area contributed by atoms with Gasteiger partial charge in [0.25, 0.3) is 0 Å². The minimum atomic E-state index is -0.652. The lowest BCUT2D eigenvalue weighted by Crippen LogP contribution is -2.36. The van der Waals surface area contributed by atoms with Crippen LogP contribution in [0.1, 0.15) is 23.7 Å². The molecule has 0 saturated heterocycles. The van der Waals surface area contributed by atoms with Crippen LogP contribution in [0.25, 0.3) is 0 Å². The second-order valence-corrected chi connectivity index (χ2v) is 4.18. The van der Waals surface area contributed by atoms with Crippen LogP contribution < -0.4 is 11.1 Å². The summed E-state index contributed by atoms with van der Waals surface area (Å²) in [4.78, 5) is 23.4. The van der Waals surface area contributed by atoms with E-state index in [2.05, 4.69) is 5.32 Å². The fourth-order valence-electron chi connectivity index (χ4n) is 1.55. The monoisotopic (exact) mass is 280 g/mol. The molecule has 1 rings (SSSR count). The van der Waals surface area contributed by atoms with Gasteiger partial charge in [-0.05, 0) is 31.5 Å². The summed E-state index contributed by atoms with van der Waals surface area (Å²) in [5.74, 6) is -0.740. The number of methoxy groups -OCH3 is 1. The number of hydrogen-bond acceptors (Lipinski definition) is 5. The topological polar surface area (TPSA) is 90.7 Å². The predicted octanol–water partition coefficient (Wildman–Crippen LogP) is 1.17. The molecule has 0 aliphatic carbocycles. The molecule has 0 spiro atoms. The van der Waals surface area contributed by atoms with E-state index in [1.165, 1.54) is 0 Å². The summed E-state index contributed by atoms with van der Waals surface area (Å²) >= 11 is 0. The first-order valence-electron chi connectivity index (χ1n) is 6.41. The zero-order valence-electron chi connectivity index (χ0n) is 11.7. The highest BCUT2D eigenvalue weighted by Crippen LogP contribution is 2.12. The number of carbonyl (C=O) groups excluding carboxylic acids is 2. The number of anilines is 1. The Morgan fingerprint density at radius 1 is 1.40 bits per heavy atom. The van der Waals surface area contributed by atoms with Gasteiger partial charge in [0.05, 0.1) is 18.2 Å². The molecule has 0 aliphatic heterocycles. The number of benzene rings is 1. The highest BCUT2D eigenvalue weighted by atomic mass is 16.5. The number of nitrogens with one attached hydrogen (secondary N) is 1. The van der Waals surface area contributed by atoms with Crippen LogP contribution in [0, 0.1) is 0 Å². The smallest absolute Gasteiger partial charge is 0.338 e. The van der Waals surface area contributed by atoms with Gasteiger partial charge in [-0.2, -0.15) is 0 Å². The number of nitrogens with two attached hydrogens (primary N) is 1. The van der Waals surface area contributed by atoms with Gasteiger partial charge in [-0.3, -0.25) is 4.79 Å². The molecule has 0 heterocycles. The maximum Gasteiger partial charge on any atom is 0.338 e. The van der Waals surface area contributed by atoms with E-state index in [1.807, 2.05) is 0 Å². The summed E-state index contributed by atoms with van der Waals surface area (Å²) in [5, 5.41) is 2.66. The van der Waals surface area contributed by atoms with Crippen molar-refractivity contribution in [2.45, 2.75) is 19.4 Å².